The summed E-state index contributed by atoms with van der Waals surface area (Å²) in [4.78, 5) is 15.0. The zero-order chi connectivity index (χ0) is 21.0. The maximum Gasteiger partial charge on any atom is 0.277 e. The van der Waals surface area contributed by atoms with E-state index in [1.807, 2.05) is 18.2 Å². The summed E-state index contributed by atoms with van der Waals surface area (Å²) in [7, 11) is 1.64. The third-order valence-electron chi connectivity index (χ3n) is 5.09. The molecule has 8 heteroatoms. The van der Waals surface area contributed by atoms with E-state index in [0.29, 0.717) is 36.3 Å². The van der Waals surface area contributed by atoms with Crippen LogP contribution >= 0.6 is 12.2 Å². The van der Waals surface area contributed by atoms with Crippen molar-refractivity contribution in [3.8, 4) is 11.5 Å². The average Bonchev–Trinajstić information content (AvgIpc) is 3.18. The highest BCUT2D eigenvalue weighted by molar-refractivity contribution is 7.71. The maximum absolute atomic E-state index is 12.3. The standard InChI is InChI=1S/C21H30N4O3S/c1-13(2)11-23-18-19(22)25(21(29)24-20(18)26)12-14-8-9-16(27-3)17(10-14)28-15-6-4-5-7-15/h8-10,13,15,23H,4-7,11-12,22H2,1-3H3,(H,24,26,29). The lowest BCUT2D eigenvalue weighted by Gasteiger charge is -2.19. The monoisotopic (exact) mass is 418 g/mol. The van der Waals surface area contributed by atoms with Crippen molar-refractivity contribution in [2.45, 2.75) is 52.2 Å². The van der Waals surface area contributed by atoms with Gasteiger partial charge in [-0.2, -0.15) is 0 Å². The highest BCUT2D eigenvalue weighted by Gasteiger charge is 2.19. The zero-order valence-corrected chi connectivity index (χ0v) is 18.1. The van der Waals surface area contributed by atoms with Crippen molar-refractivity contribution in [3.05, 3.63) is 38.9 Å². The highest BCUT2D eigenvalue weighted by atomic mass is 32.1. The number of hydrogen-bond donors (Lipinski definition) is 3. The van der Waals surface area contributed by atoms with Crippen LogP contribution in [0.1, 0.15) is 45.1 Å². The van der Waals surface area contributed by atoms with E-state index in [9.17, 15) is 4.79 Å². The van der Waals surface area contributed by atoms with Crippen molar-refractivity contribution in [2.75, 3.05) is 24.7 Å². The molecule has 0 spiro atoms. The van der Waals surface area contributed by atoms with E-state index in [-0.39, 0.29) is 16.4 Å². The van der Waals surface area contributed by atoms with Gasteiger partial charge >= 0.3 is 0 Å². The Balaban J connectivity index is 1.89. The molecule has 0 bridgehead atoms. The summed E-state index contributed by atoms with van der Waals surface area (Å²) < 4.78 is 13.7. The first-order valence-corrected chi connectivity index (χ1v) is 10.5. The molecule has 3 rings (SSSR count). The van der Waals surface area contributed by atoms with Gasteiger partial charge in [-0.25, -0.2) is 0 Å². The van der Waals surface area contributed by atoms with Crippen molar-refractivity contribution in [1.29, 1.82) is 0 Å². The second-order valence-electron chi connectivity index (χ2n) is 7.89. The molecule has 1 aliphatic rings. The summed E-state index contributed by atoms with van der Waals surface area (Å²) in [5.74, 6) is 2.14. The van der Waals surface area contributed by atoms with Gasteiger partial charge in [-0.3, -0.25) is 14.3 Å². The molecule has 1 saturated carbocycles. The van der Waals surface area contributed by atoms with Gasteiger partial charge in [-0.15, -0.1) is 0 Å². The fraction of sp³-hybridized carbons (Fsp3) is 0.524. The fourth-order valence-corrected chi connectivity index (χ4v) is 3.76. The number of methoxy groups -OCH3 is 1. The second kappa shape index (κ2) is 9.35. The van der Waals surface area contributed by atoms with Crippen LogP contribution in [0.3, 0.4) is 0 Å². The summed E-state index contributed by atoms with van der Waals surface area (Å²) in [6.07, 6.45) is 4.75. The van der Waals surface area contributed by atoms with Crippen LogP contribution in [0.2, 0.25) is 0 Å². The molecule has 0 saturated heterocycles. The first kappa shape index (κ1) is 21.2. The number of aromatic nitrogens is 2. The maximum atomic E-state index is 12.3. The molecule has 29 heavy (non-hydrogen) atoms. The largest absolute Gasteiger partial charge is 0.493 e. The Morgan fingerprint density at radius 1 is 1.31 bits per heavy atom. The van der Waals surface area contributed by atoms with Crippen molar-refractivity contribution >= 4 is 23.7 Å². The lowest BCUT2D eigenvalue weighted by atomic mass is 10.2. The summed E-state index contributed by atoms with van der Waals surface area (Å²) in [6, 6.07) is 5.81. The van der Waals surface area contributed by atoms with Gasteiger partial charge in [0.2, 0.25) is 0 Å². The Hall–Kier alpha value is -2.48. The number of H-pyrrole nitrogens is 1. The Labute approximate surface area is 176 Å². The zero-order valence-electron chi connectivity index (χ0n) is 17.3. The number of ether oxygens (including phenoxy) is 2. The number of nitrogen functional groups attached to an aromatic ring is 1. The van der Waals surface area contributed by atoms with Crippen molar-refractivity contribution in [2.24, 2.45) is 5.92 Å². The van der Waals surface area contributed by atoms with Crippen LogP contribution in [0.4, 0.5) is 11.5 Å². The third kappa shape index (κ3) is 5.12. The average molecular weight is 419 g/mol. The molecular weight excluding hydrogens is 388 g/mol. The molecule has 1 fully saturated rings. The number of nitrogens with two attached hydrogens (primary N) is 1. The van der Waals surface area contributed by atoms with Gasteiger partial charge in [-0.05, 0) is 61.5 Å². The minimum absolute atomic E-state index is 0.228. The van der Waals surface area contributed by atoms with Gasteiger partial charge in [0.1, 0.15) is 11.5 Å². The smallest absolute Gasteiger partial charge is 0.277 e. The Morgan fingerprint density at radius 3 is 2.69 bits per heavy atom. The first-order valence-electron chi connectivity index (χ1n) is 10.1. The Bertz CT molecular complexity index is 961. The van der Waals surface area contributed by atoms with Gasteiger partial charge in [-0.1, -0.05) is 19.9 Å². The Morgan fingerprint density at radius 2 is 2.03 bits per heavy atom. The highest BCUT2D eigenvalue weighted by Crippen LogP contribution is 2.33. The molecule has 0 atom stereocenters. The minimum Gasteiger partial charge on any atom is -0.493 e. The Kier molecular flexibility index (Phi) is 6.84. The first-order chi connectivity index (χ1) is 13.9. The summed E-state index contributed by atoms with van der Waals surface area (Å²) in [6.45, 7) is 5.20. The molecular formula is C21H30N4O3S. The molecule has 1 aliphatic carbocycles. The van der Waals surface area contributed by atoms with Gasteiger partial charge < -0.3 is 20.5 Å². The van der Waals surface area contributed by atoms with Gasteiger partial charge in [0.25, 0.3) is 5.56 Å². The van der Waals surface area contributed by atoms with E-state index in [1.54, 1.807) is 11.7 Å². The molecule has 7 nitrogen and oxygen atoms in total. The van der Waals surface area contributed by atoms with Crippen LogP contribution in [0.25, 0.3) is 0 Å². The van der Waals surface area contributed by atoms with E-state index >= 15 is 0 Å². The molecule has 1 aromatic heterocycles. The number of anilines is 2. The lowest BCUT2D eigenvalue weighted by molar-refractivity contribution is 0.200. The number of rotatable bonds is 8. The van der Waals surface area contributed by atoms with E-state index < -0.39 is 0 Å². The minimum atomic E-state index is -0.301. The van der Waals surface area contributed by atoms with Crippen molar-refractivity contribution in [1.82, 2.24) is 9.55 Å². The van der Waals surface area contributed by atoms with Crippen molar-refractivity contribution in [3.63, 3.8) is 0 Å². The van der Waals surface area contributed by atoms with Crippen LogP contribution in [0.5, 0.6) is 11.5 Å². The summed E-state index contributed by atoms with van der Waals surface area (Å²) in [5.41, 5.74) is 7.31. The quantitative estimate of drug-likeness (QED) is 0.562. The molecule has 0 aliphatic heterocycles. The number of aromatic amines is 1. The number of nitrogens with one attached hydrogen (secondary N) is 2. The SMILES string of the molecule is COc1ccc(Cn2c(N)c(NCC(C)C)c(=O)[nH]c2=S)cc1OC1CCCC1. The summed E-state index contributed by atoms with van der Waals surface area (Å²) >= 11 is 5.36. The predicted molar refractivity (Wildman–Crippen MR) is 119 cm³/mol. The molecule has 0 radical (unpaired) electrons. The normalized spacial score (nSPS) is 14.3. The van der Waals surface area contributed by atoms with E-state index in [1.165, 1.54) is 12.8 Å². The van der Waals surface area contributed by atoms with Crippen LogP contribution in [0, 0.1) is 10.7 Å². The molecule has 1 heterocycles. The molecule has 2 aromatic rings. The lowest BCUT2D eigenvalue weighted by Crippen LogP contribution is -2.24. The molecule has 158 valence electrons. The fourth-order valence-electron chi connectivity index (χ4n) is 3.50. The van der Waals surface area contributed by atoms with Crippen LogP contribution < -0.4 is 26.1 Å². The third-order valence-corrected chi connectivity index (χ3v) is 5.41. The molecule has 1 aromatic carbocycles. The summed E-state index contributed by atoms with van der Waals surface area (Å²) in [5, 5.41) is 3.13. The topological polar surface area (TPSA) is 94.3 Å². The van der Waals surface area contributed by atoms with Gasteiger partial charge in [0.05, 0.1) is 19.8 Å². The van der Waals surface area contributed by atoms with E-state index in [2.05, 4.69) is 24.1 Å². The van der Waals surface area contributed by atoms with E-state index in [4.69, 9.17) is 27.4 Å². The van der Waals surface area contributed by atoms with Gasteiger partial charge in [0, 0.05) is 6.54 Å². The number of nitrogens with zero attached hydrogens (tertiary/aromatic N) is 1. The second-order valence-corrected chi connectivity index (χ2v) is 8.28. The number of benzene rings is 1. The van der Waals surface area contributed by atoms with Gasteiger partial charge in [0.15, 0.2) is 16.3 Å². The van der Waals surface area contributed by atoms with Crippen LogP contribution in [-0.2, 0) is 6.54 Å². The van der Waals surface area contributed by atoms with Crippen molar-refractivity contribution < 1.29 is 9.47 Å². The van der Waals surface area contributed by atoms with E-state index in [0.717, 1.165) is 24.2 Å². The van der Waals surface area contributed by atoms with Crippen LogP contribution in [-0.4, -0.2) is 29.3 Å². The predicted octanol–water partition coefficient (Wildman–Crippen LogP) is 3.93. The number of hydrogen-bond acceptors (Lipinski definition) is 6. The molecule has 0 amide bonds. The van der Waals surface area contributed by atoms with Crippen LogP contribution in [0.15, 0.2) is 23.0 Å². The molecule has 4 N–H and O–H groups in total. The molecule has 0 unspecified atom stereocenters.